The maximum atomic E-state index is 11.0. The number of hydrogen-bond acceptors (Lipinski definition) is 8. The molecule has 2 heterocycles. The standard InChI is InChI=1S/C10H17N7O2/c1-16-3-2-7(5-16)4-12-9-8(17(18)19)10(15-11)14-6-13-9/h6-7H,2-5,11H2,1H3,(H2,12,13,14,15). The number of rotatable bonds is 5. The molecule has 1 aliphatic heterocycles. The van der Waals surface area contributed by atoms with Gasteiger partial charge in [0.25, 0.3) is 0 Å². The lowest BCUT2D eigenvalue weighted by molar-refractivity contribution is -0.383. The summed E-state index contributed by atoms with van der Waals surface area (Å²) in [6.07, 6.45) is 2.32. The predicted octanol–water partition coefficient (Wildman–Crippen LogP) is 0.0340. The molecule has 0 bridgehead atoms. The molecule has 1 atom stereocenters. The first-order valence-electron chi connectivity index (χ1n) is 6.00. The van der Waals surface area contributed by atoms with Gasteiger partial charge in [-0.2, -0.15) is 0 Å². The molecule has 4 N–H and O–H groups in total. The van der Waals surface area contributed by atoms with Crippen LogP contribution in [-0.4, -0.2) is 46.5 Å². The number of nitrogens with one attached hydrogen (secondary N) is 2. The highest BCUT2D eigenvalue weighted by atomic mass is 16.6. The Morgan fingerprint density at radius 2 is 2.32 bits per heavy atom. The second kappa shape index (κ2) is 5.76. The van der Waals surface area contributed by atoms with Crippen LogP contribution < -0.4 is 16.6 Å². The van der Waals surface area contributed by atoms with Gasteiger partial charge < -0.3 is 15.6 Å². The summed E-state index contributed by atoms with van der Waals surface area (Å²) < 4.78 is 0. The third kappa shape index (κ3) is 3.06. The summed E-state index contributed by atoms with van der Waals surface area (Å²) in [6.45, 7) is 2.67. The number of nitrogens with two attached hydrogens (primary N) is 1. The second-order valence-electron chi connectivity index (χ2n) is 4.62. The average Bonchev–Trinajstić information content (AvgIpc) is 2.81. The molecule has 9 heteroatoms. The molecule has 0 radical (unpaired) electrons. The van der Waals surface area contributed by atoms with Gasteiger partial charge in [0.05, 0.1) is 4.92 Å². The molecule has 2 rings (SSSR count). The Labute approximate surface area is 110 Å². The number of hydrazine groups is 1. The van der Waals surface area contributed by atoms with Crippen molar-refractivity contribution in [1.29, 1.82) is 0 Å². The van der Waals surface area contributed by atoms with Crippen LogP contribution in [-0.2, 0) is 0 Å². The summed E-state index contributed by atoms with van der Waals surface area (Å²) in [5.41, 5.74) is 1.99. The summed E-state index contributed by atoms with van der Waals surface area (Å²) in [4.78, 5) is 20.4. The van der Waals surface area contributed by atoms with Crippen LogP contribution in [0.15, 0.2) is 6.33 Å². The van der Waals surface area contributed by atoms with Gasteiger partial charge in [0.2, 0.25) is 11.6 Å². The summed E-state index contributed by atoms with van der Waals surface area (Å²) in [5.74, 6) is 5.88. The predicted molar refractivity (Wildman–Crippen MR) is 70.6 cm³/mol. The normalized spacial score (nSPS) is 19.4. The van der Waals surface area contributed by atoms with E-state index in [1.54, 1.807) is 0 Å². The highest BCUT2D eigenvalue weighted by Gasteiger charge is 2.24. The van der Waals surface area contributed by atoms with Crippen molar-refractivity contribution in [3.63, 3.8) is 0 Å². The van der Waals surface area contributed by atoms with E-state index in [1.165, 1.54) is 6.33 Å². The molecular weight excluding hydrogens is 250 g/mol. The van der Waals surface area contributed by atoms with Gasteiger partial charge in [-0.25, -0.2) is 15.8 Å². The zero-order chi connectivity index (χ0) is 13.8. The van der Waals surface area contributed by atoms with Crippen LogP contribution in [0.5, 0.6) is 0 Å². The number of nitrogens with zero attached hydrogens (tertiary/aromatic N) is 4. The molecule has 1 aromatic rings. The first-order chi connectivity index (χ1) is 9.11. The van der Waals surface area contributed by atoms with Crippen LogP contribution in [0.3, 0.4) is 0 Å². The minimum atomic E-state index is -0.543. The lowest BCUT2D eigenvalue weighted by Crippen LogP contribution is -2.20. The maximum absolute atomic E-state index is 11.0. The van der Waals surface area contributed by atoms with E-state index in [0.29, 0.717) is 12.5 Å². The van der Waals surface area contributed by atoms with Crippen LogP contribution >= 0.6 is 0 Å². The zero-order valence-corrected chi connectivity index (χ0v) is 10.7. The number of anilines is 2. The molecule has 19 heavy (non-hydrogen) atoms. The van der Waals surface area contributed by atoms with E-state index in [4.69, 9.17) is 5.84 Å². The molecule has 1 aromatic heterocycles. The van der Waals surface area contributed by atoms with Crippen molar-refractivity contribution in [2.45, 2.75) is 6.42 Å². The Kier molecular flexibility index (Phi) is 4.07. The van der Waals surface area contributed by atoms with Crippen LogP contribution in [0, 0.1) is 16.0 Å². The molecule has 0 amide bonds. The molecule has 0 aromatic carbocycles. The first-order valence-corrected chi connectivity index (χ1v) is 6.00. The van der Waals surface area contributed by atoms with Gasteiger partial charge >= 0.3 is 5.69 Å². The Bertz CT molecular complexity index is 467. The smallest absolute Gasteiger partial charge is 0.354 e. The van der Waals surface area contributed by atoms with E-state index in [2.05, 4.69) is 32.7 Å². The molecule has 1 fully saturated rings. The summed E-state index contributed by atoms with van der Waals surface area (Å²) in [6, 6.07) is 0. The lowest BCUT2D eigenvalue weighted by atomic mass is 10.1. The Morgan fingerprint density at radius 1 is 1.58 bits per heavy atom. The summed E-state index contributed by atoms with van der Waals surface area (Å²) in [5, 5.41) is 14.0. The fourth-order valence-corrected chi connectivity index (χ4v) is 2.22. The number of likely N-dealkylation sites (tertiary alicyclic amines) is 1. The van der Waals surface area contributed by atoms with Crippen LogP contribution in [0.2, 0.25) is 0 Å². The molecule has 0 spiro atoms. The number of nitrogen functional groups attached to an aromatic ring is 1. The van der Waals surface area contributed by atoms with Crippen LogP contribution in [0.4, 0.5) is 17.3 Å². The SMILES string of the molecule is CN1CCC(CNc2ncnc(NN)c2[N+](=O)[O-])C1. The third-order valence-corrected chi connectivity index (χ3v) is 3.19. The Hall–Kier alpha value is -2.00. The van der Waals surface area contributed by atoms with E-state index in [0.717, 1.165) is 19.5 Å². The molecule has 0 aliphatic carbocycles. The van der Waals surface area contributed by atoms with Crippen molar-refractivity contribution in [3.8, 4) is 0 Å². The van der Waals surface area contributed by atoms with E-state index in [-0.39, 0.29) is 17.3 Å². The van der Waals surface area contributed by atoms with Gasteiger partial charge in [0.15, 0.2) is 0 Å². The third-order valence-electron chi connectivity index (χ3n) is 3.19. The highest BCUT2D eigenvalue weighted by Crippen LogP contribution is 2.28. The van der Waals surface area contributed by atoms with Crippen molar-refractivity contribution in [3.05, 3.63) is 16.4 Å². The van der Waals surface area contributed by atoms with Crippen LogP contribution in [0.1, 0.15) is 6.42 Å². The van der Waals surface area contributed by atoms with Gasteiger partial charge in [-0.3, -0.25) is 10.1 Å². The van der Waals surface area contributed by atoms with Crippen molar-refractivity contribution < 1.29 is 4.92 Å². The van der Waals surface area contributed by atoms with E-state index in [1.807, 2.05) is 0 Å². The highest BCUT2D eigenvalue weighted by molar-refractivity contribution is 5.68. The summed E-state index contributed by atoms with van der Waals surface area (Å²) >= 11 is 0. The van der Waals surface area contributed by atoms with E-state index in [9.17, 15) is 10.1 Å². The topological polar surface area (TPSA) is 122 Å². The lowest BCUT2D eigenvalue weighted by Gasteiger charge is -2.12. The van der Waals surface area contributed by atoms with Crippen molar-refractivity contribution in [1.82, 2.24) is 14.9 Å². The minimum Gasteiger partial charge on any atom is -0.364 e. The van der Waals surface area contributed by atoms with E-state index < -0.39 is 4.92 Å². The van der Waals surface area contributed by atoms with Crippen LogP contribution in [0.25, 0.3) is 0 Å². The van der Waals surface area contributed by atoms with Gasteiger partial charge in [0, 0.05) is 13.1 Å². The van der Waals surface area contributed by atoms with Crippen molar-refractivity contribution in [2.24, 2.45) is 11.8 Å². The summed E-state index contributed by atoms with van der Waals surface area (Å²) in [7, 11) is 2.06. The maximum Gasteiger partial charge on any atom is 0.354 e. The molecule has 104 valence electrons. The van der Waals surface area contributed by atoms with Gasteiger partial charge in [0.1, 0.15) is 6.33 Å². The first kappa shape index (κ1) is 13.4. The fourth-order valence-electron chi connectivity index (χ4n) is 2.22. The molecular formula is C10H17N7O2. The van der Waals surface area contributed by atoms with Crippen molar-refractivity contribution >= 4 is 17.3 Å². The van der Waals surface area contributed by atoms with Gasteiger partial charge in [-0.05, 0) is 25.9 Å². The number of nitro groups is 1. The second-order valence-corrected chi connectivity index (χ2v) is 4.62. The number of aromatic nitrogens is 2. The Balaban J connectivity index is 2.09. The minimum absolute atomic E-state index is 0.00559. The average molecular weight is 267 g/mol. The van der Waals surface area contributed by atoms with Gasteiger partial charge in [-0.1, -0.05) is 0 Å². The molecule has 0 saturated carbocycles. The number of hydrogen-bond donors (Lipinski definition) is 3. The fraction of sp³-hybridized carbons (Fsp3) is 0.600. The monoisotopic (exact) mass is 267 g/mol. The Morgan fingerprint density at radius 3 is 2.89 bits per heavy atom. The quantitative estimate of drug-likeness (QED) is 0.388. The molecule has 9 nitrogen and oxygen atoms in total. The zero-order valence-electron chi connectivity index (χ0n) is 10.7. The van der Waals surface area contributed by atoms with Crippen molar-refractivity contribution in [2.75, 3.05) is 37.4 Å². The van der Waals surface area contributed by atoms with Gasteiger partial charge in [-0.15, -0.1) is 0 Å². The molecule has 1 aliphatic rings. The molecule has 1 saturated heterocycles. The van der Waals surface area contributed by atoms with E-state index >= 15 is 0 Å². The largest absolute Gasteiger partial charge is 0.364 e. The molecule has 1 unspecified atom stereocenters.